The van der Waals surface area contributed by atoms with Crippen LogP contribution in [0.25, 0.3) is 5.57 Å². The molecule has 3 nitrogen and oxygen atoms in total. The zero-order valence-corrected chi connectivity index (χ0v) is 27.3. The van der Waals surface area contributed by atoms with Gasteiger partial charge in [0.05, 0.1) is 11.1 Å². The Morgan fingerprint density at radius 1 is 1.02 bits per heavy atom. The van der Waals surface area contributed by atoms with Gasteiger partial charge in [-0.15, -0.1) is 0 Å². The second-order valence-electron chi connectivity index (χ2n) is 13.7. The molecule has 236 valence electrons. The number of Topliss-reactive ketones (excluding diaryl/α,β-unsaturated/α-hetero) is 1. The number of rotatable bonds is 9. The first kappa shape index (κ1) is 32.7. The molecule has 1 aromatic rings. The molecule has 4 aliphatic carbocycles. The number of halogens is 2. The lowest BCUT2D eigenvalue weighted by molar-refractivity contribution is -0.119. The fraction of sp³-hybridized carbons (Fsp3) is 0.538. The maximum atomic E-state index is 14.1. The highest BCUT2D eigenvalue weighted by atomic mass is 35.5. The number of hydrogen-bond donors (Lipinski definition) is 0. The first-order valence-electron chi connectivity index (χ1n) is 17.0. The van der Waals surface area contributed by atoms with Gasteiger partial charge in [0.1, 0.15) is 17.4 Å². The average molecular weight is 619 g/mol. The van der Waals surface area contributed by atoms with E-state index in [1.165, 1.54) is 51.0 Å². The molecule has 0 saturated heterocycles. The van der Waals surface area contributed by atoms with E-state index in [0.29, 0.717) is 31.3 Å². The predicted molar refractivity (Wildman–Crippen MR) is 178 cm³/mol. The van der Waals surface area contributed by atoms with E-state index in [4.69, 9.17) is 16.3 Å². The maximum absolute atomic E-state index is 14.1. The Morgan fingerprint density at radius 3 is 2.57 bits per heavy atom. The zero-order chi connectivity index (χ0) is 31.1. The molecular weight excluding hydrogens is 571 g/mol. The molecule has 1 aromatic carbocycles. The van der Waals surface area contributed by atoms with Gasteiger partial charge in [-0.2, -0.15) is 0 Å². The van der Waals surface area contributed by atoms with E-state index < -0.39 is 5.82 Å². The van der Waals surface area contributed by atoms with Crippen LogP contribution in [0, 0.1) is 23.6 Å². The van der Waals surface area contributed by atoms with E-state index in [-0.39, 0.29) is 28.6 Å². The smallest absolute Gasteiger partial charge is 0.186 e. The molecule has 0 heterocycles. The SMILES string of the molecule is CC(C)CC(=O)CCC1=C/C(=O)C2=C(\C\C=C\1c1ccc(F)c(Cl)c1)CC/C=C/C(OC1CCCC(C3CCCC3)CC1)=C\2. The maximum Gasteiger partial charge on any atom is 0.186 e. The van der Waals surface area contributed by atoms with Crippen LogP contribution in [0.15, 0.2) is 71.1 Å². The molecule has 0 aromatic heterocycles. The monoisotopic (exact) mass is 618 g/mol. The van der Waals surface area contributed by atoms with Gasteiger partial charge in [-0.3, -0.25) is 9.59 Å². The topological polar surface area (TPSA) is 43.4 Å². The zero-order valence-electron chi connectivity index (χ0n) is 26.5. The summed E-state index contributed by atoms with van der Waals surface area (Å²) in [6.45, 7) is 4.07. The lowest BCUT2D eigenvalue weighted by Crippen LogP contribution is -2.14. The van der Waals surface area contributed by atoms with Gasteiger partial charge >= 0.3 is 0 Å². The Morgan fingerprint density at radius 2 is 1.80 bits per heavy atom. The second-order valence-corrected chi connectivity index (χ2v) is 14.1. The quantitative estimate of drug-likeness (QED) is 0.259. The molecule has 2 saturated carbocycles. The van der Waals surface area contributed by atoms with Crippen LogP contribution < -0.4 is 0 Å². The Hall–Kier alpha value is -2.72. The Balaban J connectivity index is 1.40. The van der Waals surface area contributed by atoms with Gasteiger partial charge in [-0.05, 0) is 116 Å². The van der Waals surface area contributed by atoms with Gasteiger partial charge in [0.25, 0.3) is 0 Å². The van der Waals surface area contributed by atoms with Crippen molar-refractivity contribution in [2.45, 2.75) is 116 Å². The van der Waals surface area contributed by atoms with E-state index in [1.54, 1.807) is 18.2 Å². The van der Waals surface area contributed by atoms with Crippen molar-refractivity contribution in [1.82, 2.24) is 0 Å². The number of carbonyl (C=O) groups excluding carboxylic acids is 2. The summed E-state index contributed by atoms with van der Waals surface area (Å²) < 4.78 is 20.7. The highest BCUT2D eigenvalue weighted by Gasteiger charge is 2.29. The van der Waals surface area contributed by atoms with E-state index >= 15 is 0 Å². The standard InChI is InChI=1S/C39H48ClFO3/c1-26(2)22-32(42)18-14-31-24-39(43)36-25-34(44-33-13-7-11-28(15-19-33)27-8-3-4-9-27)12-6-5-10-29(36)16-20-35(31)30-17-21-38(41)37(40)23-30/h6,12,17,20-21,23-28,33H,3-5,7-11,13-16,18-19,22H2,1-2H3/b12-6+,31-24-,34-25+,35-20+,36-29-. The molecule has 0 radical (unpaired) electrons. The first-order valence-corrected chi connectivity index (χ1v) is 17.3. The molecule has 0 N–H and O–H groups in total. The molecule has 2 unspecified atom stereocenters. The first-order chi connectivity index (χ1) is 21.3. The fourth-order valence-corrected chi connectivity index (χ4v) is 7.78. The van der Waals surface area contributed by atoms with Crippen molar-refractivity contribution in [1.29, 1.82) is 0 Å². The predicted octanol–water partition coefficient (Wildman–Crippen LogP) is 10.8. The minimum Gasteiger partial charge on any atom is -0.490 e. The van der Waals surface area contributed by atoms with Crippen molar-refractivity contribution >= 4 is 28.7 Å². The van der Waals surface area contributed by atoms with Gasteiger partial charge in [-0.25, -0.2) is 4.39 Å². The van der Waals surface area contributed by atoms with Crippen LogP contribution in [0.5, 0.6) is 0 Å². The lowest BCUT2D eigenvalue weighted by atomic mass is 9.85. The molecule has 5 heteroatoms. The number of ketones is 2. The van der Waals surface area contributed by atoms with Crippen molar-refractivity contribution in [3.8, 4) is 0 Å². The minimum atomic E-state index is -0.479. The number of hydrogen-bond acceptors (Lipinski definition) is 3. The normalized spacial score (nSPS) is 29.5. The Kier molecular flexibility index (Phi) is 11.5. The van der Waals surface area contributed by atoms with Crippen LogP contribution in [-0.2, 0) is 14.3 Å². The summed E-state index contributed by atoms with van der Waals surface area (Å²) >= 11 is 6.18. The molecule has 5 rings (SSSR count). The van der Waals surface area contributed by atoms with Crippen LogP contribution in [0.1, 0.15) is 116 Å². The summed E-state index contributed by atoms with van der Waals surface area (Å²) in [5, 5.41) is 0.0424. The summed E-state index contributed by atoms with van der Waals surface area (Å²) in [6, 6.07) is 4.68. The van der Waals surface area contributed by atoms with Gasteiger partial charge in [-0.1, -0.05) is 81.3 Å². The van der Waals surface area contributed by atoms with Crippen LogP contribution in [0.4, 0.5) is 4.39 Å². The molecule has 0 aliphatic heterocycles. The van der Waals surface area contributed by atoms with Crippen molar-refractivity contribution in [2.24, 2.45) is 17.8 Å². The molecule has 0 bridgehead atoms. The molecule has 2 fully saturated rings. The summed E-state index contributed by atoms with van der Waals surface area (Å²) in [5.41, 5.74) is 4.15. The Bertz CT molecular complexity index is 1370. The third-order valence-electron chi connectivity index (χ3n) is 9.90. The Labute approximate surface area is 268 Å². The van der Waals surface area contributed by atoms with Gasteiger partial charge in [0.15, 0.2) is 5.78 Å². The molecular formula is C39H48ClFO3. The van der Waals surface area contributed by atoms with Crippen LogP contribution in [0.3, 0.4) is 0 Å². The summed E-state index contributed by atoms with van der Waals surface area (Å²) in [4.78, 5) is 26.7. The minimum absolute atomic E-state index is 0.0424. The largest absolute Gasteiger partial charge is 0.490 e. The van der Waals surface area contributed by atoms with E-state index in [9.17, 15) is 14.0 Å². The van der Waals surface area contributed by atoms with Crippen LogP contribution in [0.2, 0.25) is 5.02 Å². The number of benzene rings is 1. The molecule has 44 heavy (non-hydrogen) atoms. The molecule has 0 spiro atoms. The van der Waals surface area contributed by atoms with Crippen LogP contribution >= 0.6 is 11.6 Å². The highest BCUT2D eigenvalue weighted by molar-refractivity contribution is 6.31. The molecule has 4 aliphatic rings. The van der Waals surface area contributed by atoms with Gasteiger partial charge < -0.3 is 4.74 Å². The second kappa shape index (κ2) is 15.5. The van der Waals surface area contributed by atoms with E-state index in [1.807, 2.05) is 26.0 Å². The third-order valence-corrected chi connectivity index (χ3v) is 10.2. The molecule has 2 atom stereocenters. The van der Waals surface area contributed by atoms with Crippen molar-refractivity contribution < 1.29 is 18.7 Å². The highest BCUT2D eigenvalue weighted by Crippen LogP contribution is 2.40. The summed E-state index contributed by atoms with van der Waals surface area (Å²) in [6.07, 6.45) is 25.1. The number of allylic oxidation sites excluding steroid dienone is 9. The summed E-state index contributed by atoms with van der Waals surface area (Å²) in [7, 11) is 0. The van der Waals surface area contributed by atoms with Gasteiger partial charge in [0, 0.05) is 18.4 Å². The van der Waals surface area contributed by atoms with E-state index in [0.717, 1.165) is 65.6 Å². The average Bonchev–Trinajstić information content (AvgIpc) is 3.41. The molecule has 0 amide bonds. The lowest BCUT2D eigenvalue weighted by Gasteiger charge is -2.23. The van der Waals surface area contributed by atoms with Crippen molar-refractivity contribution in [2.75, 3.05) is 0 Å². The number of carbonyl (C=O) groups is 2. The number of ether oxygens (including phenoxy) is 1. The fourth-order valence-electron chi connectivity index (χ4n) is 7.60. The van der Waals surface area contributed by atoms with Crippen molar-refractivity contribution in [3.63, 3.8) is 0 Å². The van der Waals surface area contributed by atoms with Gasteiger partial charge in [0.2, 0.25) is 0 Å². The third kappa shape index (κ3) is 8.71. The van der Waals surface area contributed by atoms with Crippen LogP contribution in [-0.4, -0.2) is 17.7 Å². The van der Waals surface area contributed by atoms with Crippen molar-refractivity contribution in [3.05, 3.63) is 87.5 Å². The summed E-state index contributed by atoms with van der Waals surface area (Å²) in [5.74, 6) is 2.42. The van der Waals surface area contributed by atoms with E-state index in [2.05, 4.69) is 12.2 Å².